The topological polar surface area (TPSA) is 95.2 Å². The second-order valence-corrected chi connectivity index (χ2v) is 8.92. The Hall–Kier alpha value is -3.39. The Morgan fingerprint density at radius 2 is 1.87 bits per heavy atom. The largest absolute Gasteiger partial charge is 0.492 e. The number of hydrogen-bond donors (Lipinski definition) is 0. The zero-order valence-electron chi connectivity index (χ0n) is 16.0. The maximum atomic E-state index is 12.4. The molecule has 0 N–H and O–H groups in total. The maximum Gasteiger partial charge on any atom is 0.306 e. The highest BCUT2D eigenvalue weighted by Crippen LogP contribution is 2.49. The summed E-state index contributed by atoms with van der Waals surface area (Å²) >= 11 is 0. The van der Waals surface area contributed by atoms with Gasteiger partial charge in [0, 0.05) is 18.1 Å². The van der Waals surface area contributed by atoms with E-state index in [2.05, 4.69) is 0 Å². The summed E-state index contributed by atoms with van der Waals surface area (Å²) in [5.74, 6) is 0.513. The highest BCUT2D eigenvalue weighted by atomic mass is 32.2. The summed E-state index contributed by atoms with van der Waals surface area (Å²) in [5.41, 5.74) is 2.05. The number of ether oxygens (including phenoxy) is 1. The lowest BCUT2D eigenvalue weighted by atomic mass is 9.71. The molecule has 2 aromatic carbocycles. The van der Waals surface area contributed by atoms with Crippen LogP contribution in [0.4, 0.5) is 5.69 Å². The summed E-state index contributed by atoms with van der Waals surface area (Å²) in [6.07, 6.45) is 2.27. The van der Waals surface area contributed by atoms with E-state index < -0.39 is 21.0 Å². The van der Waals surface area contributed by atoms with Crippen LogP contribution >= 0.6 is 0 Å². The second-order valence-electron chi connectivity index (χ2n) is 7.35. The molecule has 3 heterocycles. The first-order valence-corrected chi connectivity index (χ1v) is 11.1. The molecule has 152 valence electrons. The number of para-hydroxylation sites is 2. The van der Waals surface area contributed by atoms with Crippen LogP contribution in [0.15, 0.2) is 75.1 Å². The normalized spacial score (nSPS) is 19.2. The Morgan fingerprint density at radius 3 is 2.70 bits per heavy atom. The number of fused-ring (bicyclic) bond motifs is 5. The zero-order chi connectivity index (χ0) is 20.9. The van der Waals surface area contributed by atoms with Gasteiger partial charge < -0.3 is 13.3 Å². The summed E-state index contributed by atoms with van der Waals surface area (Å²) in [6.45, 7) is 0.261. The Bertz CT molecular complexity index is 1360. The minimum Gasteiger partial charge on any atom is -0.492 e. The van der Waals surface area contributed by atoms with E-state index in [0.717, 1.165) is 40.6 Å². The predicted molar refractivity (Wildman–Crippen MR) is 110 cm³/mol. The Balaban J connectivity index is 1.70. The SMILES string of the molecule is CS(=O)(=O)Oc1c(CC23COc4ccccc4C2=Nc2ccccc23)occc1=O. The highest BCUT2D eigenvalue weighted by molar-refractivity contribution is 7.86. The van der Waals surface area contributed by atoms with E-state index in [9.17, 15) is 13.2 Å². The van der Waals surface area contributed by atoms with E-state index in [4.69, 9.17) is 18.3 Å². The van der Waals surface area contributed by atoms with Gasteiger partial charge in [0.2, 0.25) is 11.2 Å². The molecule has 5 rings (SSSR count). The van der Waals surface area contributed by atoms with Crippen molar-refractivity contribution >= 4 is 21.5 Å². The lowest BCUT2D eigenvalue weighted by Gasteiger charge is -2.36. The smallest absolute Gasteiger partial charge is 0.306 e. The second kappa shape index (κ2) is 6.56. The molecule has 0 bridgehead atoms. The van der Waals surface area contributed by atoms with Gasteiger partial charge in [-0.15, -0.1) is 0 Å². The van der Waals surface area contributed by atoms with Crippen molar-refractivity contribution in [3.63, 3.8) is 0 Å². The monoisotopic (exact) mass is 423 g/mol. The molecule has 0 amide bonds. The molecule has 0 spiro atoms. The van der Waals surface area contributed by atoms with Gasteiger partial charge in [-0.05, 0) is 23.8 Å². The van der Waals surface area contributed by atoms with E-state index in [1.165, 1.54) is 6.26 Å². The van der Waals surface area contributed by atoms with Gasteiger partial charge in [-0.1, -0.05) is 30.3 Å². The van der Waals surface area contributed by atoms with Crippen molar-refractivity contribution in [1.82, 2.24) is 0 Å². The first kappa shape index (κ1) is 18.6. The molecule has 2 aliphatic heterocycles. The zero-order valence-corrected chi connectivity index (χ0v) is 16.8. The molecule has 2 aliphatic rings. The van der Waals surface area contributed by atoms with Crippen molar-refractivity contribution in [2.75, 3.05) is 12.9 Å². The summed E-state index contributed by atoms with van der Waals surface area (Å²) < 4.78 is 40.1. The highest BCUT2D eigenvalue weighted by Gasteiger charge is 2.49. The fraction of sp³-hybridized carbons (Fsp3) is 0.182. The molecule has 30 heavy (non-hydrogen) atoms. The lowest BCUT2D eigenvalue weighted by molar-refractivity contribution is 0.240. The van der Waals surface area contributed by atoms with Gasteiger partial charge in [-0.25, -0.2) is 0 Å². The number of hydrogen-bond acceptors (Lipinski definition) is 7. The Labute approximate surface area is 172 Å². The number of rotatable bonds is 4. The van der Waals surface area contributed by atoms with E-state index in [1.807, 2.05) is 48.5 Å². The molecule has 8 heteroatoms. The molecule has 3 aromatic rings. The molecule has 0 fully saturated rings. The third kappa shape index (κ3) is 2.91. The number of nitrogens with zero attached hydrogens (tertiary/aromatic N) is 1. The van der Waals surface area contributed by atoms with Gasteiger partial charge in [0.1, 0.15) is 12.4 Å². The average molecular weight is 423 g/mol. The molecule has 0 saturated carbocycles. The van der Waals surface area contributed by atoms with Crippen molar-refractivity contribution in [3.05, 3.63) is 88.0 Å². The standard InChI is InChI=1S/C22H17NO6S/c1-30(25,26)29-20-17(24)10-11-27-19(20)12-22-13-28-18-9-5-2-6-14(18)21(22)23-16-8-4-3-7-15(16)22/h2-11H,12-13H2,1H3. The van der Waals surface area contributed by atoms with Gasteiger partial charge in [0.15, 0.2) is 5.76 Å². The van der Waals surface area contributed by atoms with Gasteiger partial charge in [-0.2, -0.15) is 8.42 Å². The van der Waals surface area contributed by atoms with E-state index in [1.54, 1.807) is 0 Å². The quantitative estimate of drug-likeness (QED) is 0.599. The molecule has 1 unspecified atom stereocenters. The molecule has 1 atom stereocenters. The Morgan fingerprint density at radius 1 is 1.10 bits per heavy atom. The molecule has 0 saturated heterocycles. The van der Waals surface area contributed by atoms with Gasteiger partial charge in [0.25, 0.3) is 0 Å². The number of benzene rings is 2. The van der Waals surface area contributed by atoms with Crippen molar-refractivity contribution in [2.45, 2.75) is 11.8 Å². The molecule has 0 radical (unpaired) electrons. The van der Waals surface area contributed by atoms with Crippen LogP contribution in [0.5, 0.6) is 11.5 Å². The fourth-order valence-corrected chi connectivity index (χ4v) is 4.57. The van der Waals surface area contributed by atoms with Crippen LogP contribution in [0.2, 0.25) is 0 Å². The van der Waals surface area contributed by atoms with Gasteiger partial charge in [-0.3, -0.25) is 9.79 Å². The van der Waals surface area contributed by atoms with Crippen LogP contribution in [-0.4, -0.2) is 27.0 Å². The predicted octanol–water partition coefficient (Wildman–Crippen LogP) is 2.99. The molecule has 1 aromatic heterocycles. The summed E-state index contributed by atoms with van der Waals surface area (Å²) in [6, 6.07) is 16.4. The average Bonchev–Trinajstić information content (AvgIpc) is 3.05. The summed E-state index contributed by atoms with van der Waals surface area (Å²) in [4.78, 5) is 17.3. The molecule has 0 aliphatic carbocycles. The molecular weight excluding hydrogens is 406 g/mol. The van der Waals surface area contributed by atoms with E-state index in [0.29, 0.717) is 0 Å². The summed E-state index contributed by atoms with van der Waals surface area (Å²) in [5, 5.41) is 0. The van der Waals surface area contributed by atoms with Crippen LogP contribution in [0, 0.1) is 0 Å². The van der Waals surface area contributed by atoms with Crippen molar-refractivity contribution in [1.29, 1.82) is 0 Å². The van der Waals surface area contributed by atoms with Crippen molar-refractivity contribution < 1.29 is 21.8 Å². The van der Waals surface area contributed by atoms with E-state index in [-0.39, 0.29) is 24.5 Å². The van der Waals surface area contributed by atoms with Crippen LogP contribution in [0.25, 0.3) is 0 Å². The lowest BCUT2D eigenvalue weighted by Crippen LogP contribution is -2.45. The van der Waals surface area contributed by atoms with Crippen LogP contribution < -0.4 is 14.3 Å². The third-order valence-electron chi connectivity index (χ3n) is 5.33. The maximum absolute atomic E-state index is 12.4. The van der Waals surface area contributed by atoms with Crippen molar-refractivity contribution in [3.8, 4) is 11.5 Å². The molecular formula is C22H17NO6S. The minimum absolute atomic E-state index is 0.125. The third-order valence-corrected chi connectivity index (χ3v) is 5.79. The fourth-order valence-electron chi connectivity index (χ4n) is 4.09. The van der Waals surface area contributed by atoms with Gasteiger partial charge >= 0.3 is 10.1 Å². The van der Waals surface area contributed by atoms with Gasteiger partial charge in [0.05, 0.1) is 29.3 Å². The van der Waals surface area contributed by atoms with Crippen molar-refractivity contribution in [2.24, 2.45) is 4.99 Å². The van der Waals surface area contributed by atoms with Crippen LogP contribution in [0.1, 0.15) is 16.9 Å². The molecule has 7 nitrogen and oxygen atoms in total. The van der Waals surface area contributed by atoms with Crippen LogP contribution in [-0.2, 0) is 22.0 Å². The first-order valence-electron chi connectivity index (χ1n) is 9.28. The number of aliphatic imine (C=N–C) groups is 1. The minimum atomic E-state index is -3.92. The first-order chi connectivity index (χ1) is 14.4. The summed E-state index contributed by atoms with van der Waals surface area (Å²) in [7, 11) is -3.92. The van der Waals surface area contributed by atoms with E-state index >= 15 is 0 Å². The van der Waals surface area contributed by atoms with Crippen LogP contribution in [0.3, 0.4) is 0 Å². The Kier molecular flexibility index (Phi) is 4.08.